The molecule has 7 nitrogen and oxygen atoms in total. The van der Waals surface area contributed by atoms with E-state index in [1.54, 1.807) is 0 Å². The predicted octanol–water partition coefficient (Wildman–Crippen LogP) is 6.71. The molecule has 8 heteroatoms. The number of hydrogen-bond acceptors (Lipinski definition) is 7. The molecule has 1 unspecified atom stereocenters. The third-order valence-electron chi connectivity index (χ3n) is 6.38. The SMILES string of the molecule is CC1=C(C(=O)OCc2ccccc2)C(c2cccc(Oc3ccccc3)c2)N2C(CC(=O)NC(C)C)=CSC2=N1. The van der Waals surface area contributed by atoms with Crippen molar-refractivity contribution in [2.75, 3.05) is 0 Å². The Hall–Kier alpha value is -4.30. The van der Waals surface area contributed by atoms with Crippen molar-refractivity contribution < 1.29 is 19.1 Å². The number of allylic oxidation sites excluding steroid dienone is 1. The number of fused-ring (bicyclic) bond motifs is 1. The summed E-state index contributed by atoms with van der Waals surface area (Å²) in [5.74, 6) is 0.800. The first-order chi connectivity index (χ1) is 19.4. The number of rotatable bonds is 9. The molecular formula is C32H31N3O4S. The van der Waals surface area contributed by atoms with Crippen LogP contribution in [0.2, 0.25) is 0 Å². The summed E-state index contributed by atoms with van der Waals surface area (Å²) >= 11 is 1.44. The van der Waals surface area contributed by atoms with Gasteiger partial charge in [0.15, 0.2) is 5.17 Å². The lowest BCUT2D eigenvalue weighted by atomic mass is 9.93. The van der Waals surface area contributed by atoms with Crippen molar-refractivity contribution >= 4 is 28.8 Å². The number of carbonyl (C=O) groups excluding carboxylic acids is 2. The third kappa shape index (κ3) is 6.29. The molecule has 2 heterocycles. The van der Waals surface area contributed by atoms with E-state index in [1.165, 1.54) is 11.8 Å². The average molecular weight is 554 g/mol. The number of ether oxygens (including phenoxy) is 2. The number of nitrogens with one attached hydrogen (secondary N) is 1. The monoisotopic (exact) mass is 553 g/mol. The van der Waals surface area contributed by atoms with Crippen LogP contribution in [0.1, 0.15) is 44.4 Å². The lowest BCUT2D eigenvalue weighted by Crippen LogP contribution is -2.38. The van der Waals surface area contributed by atoms with E-state index in [1.807, 2.05) is 116 Å². The third-order valence-corrected chi connectivity index (χ3v) is 7.27. The summed E-state index contributed by atoms with van der Waals surface area (Å²) in [6.45, 7) is 5.82. The fourth-order valence-corrected chi connectivity index (χ4v) is 5.62. The number of thioether (sulfide) groups is 1. The number of aliphatic imine (C=N–C) groups is 1. The summed E-state index contributed by atoms with van der Waals surface area (Å²) in [6.07, 6.45) is 0.159. The first-order valence-electron chi connectivity index (χ1n) is 13.2. The van der Waals surface area contributed by atoms with Gasteiger partial charge in [-0.15, -0.1) is 0 Å². The van der Waals surface area contributed by atoms with E-state index in [0.29, 0.717) is 27.9 Å². The van der Waals surface area contributed by atoms with Crippen LogP contribution in [-0.4, -0.2) is 28.0 Å². The first-order valence-corrected chi connectivity index (χ1v) is 14.0. The van der Waals surface area contributed by atoms with Crippen molar-refractivity contribution in [2.45, 2.75) is 45.9 Å². The Labute approximate surface area is 238 Å². The predicted molar refractivity (Wildman–Crippen MR) is 157 cm³/mol. The van der Waals surface area contributed by atoms with E-state index in [2.05, 4.69) is 5.32 Å². The van der Waals surface area contributed by atoms with Crippen LogP contribution in [0.25, 0.3) is 0 Å². The van der Waals surface area contributed by atoms with Gasteiger partial charge in [0.25, 0.3) is 0 Å². The van der Waals surface area contributed by atoms with Crippen molar-refractivity contribution in [1.82, 2.24) is 10.2 Å². The molecule has 0 aliphatic carbocycles. The molecule has 0 aromatic heterocycles. The quantitative estimate of drug-likeness (QED) is 0.297. The van der Waals surface area contributed by atoms with E-state index >= 15 is 0 Å². The first kappa shape index (κ1) is 27.3. The Balaban J connectivity index is 1.50. The van der Waals surface area contributed by atoms with Crippen LogP contribution in [0.4, 0.5) is 0 Å². The van der Waals surface area contributed by atoms with Gasteiger partial charge < -0.3 is 19.7 Å². The van der Waals surface area contributed by atoms with Crippen LogP contribution >= 0.6 is 11.8 Å². The van der Waals surface area contributed by atoms with Gasteiger partial charge in [-0.3, -0.25) is 4.79 Å². The van der Waals surface area contributed by atoms with Gasteiger partial charge in [0.1, 0.15) is 18.1 Å². The summed E-state index contributed by atoms with van der Waals surface area (Å²) in [6, 6.07) is 26.2. The highest BCUT2D eigenvalue weighted by Crippen LogP contribution is 2.45. The maximum absolute atomic E-state index is 13.7. The number of hydrogen-bond donors (Lipinski definition) is 1. The summed E-state index contributed by atoms with van der Waals surface area (Å²) < 4.78 is 11.9. The van der Waals surface area contributed by atoms with E-state index in [-0.39, 0.29) is 25.0 Å². The summed E-state index contributed by atoms with van der Waals surface area (Å²) in [5.41, 5.74) is 3.49. The van der Waals surface area contributed by atoms with Crippen molar-refractivity contribution in [3.05, 3.63) is 118 Å². The van der Waals surface area contributed by atoms with Crippen LogP contribution < -0.4 is 10.1 Å². The largest absolute Gasteiger partial charge is 0.457 e. The van der Waals surface area contributed by atoms with Gasteiger partial charge in [-0.1, -0.05) is 72.4 Å². The standard InChI is InChI=1S/C32H31N3O4S/c1-21(2)33-28(36)18-25-20-40-32-34-22(3)29(31(37)38-19-23-11-6-4-7-12-23)30(35(25)32)24-13-10-16-27(17-24)39-26-14-8-5-9-15-26/h4-17,20-21,30H,18-19H2,1-3H3,(H,33,36). The number of esters is 1. The van der Waals surface area contributed by atoms with Gasteiger partial charge in [0.05, 0.1) is 23.7 Å². The molecule has 0 radical (unpaired) electrons. The Bertz CT molecular complexity index is 1480. The minimum absolute atomic E-state index is 0.0185. The fraction of sp³-hybridized carbons (Fsp3) is 0.219. The molecule has 0 saturated heterocycles. The zero-order valence-corrected chi connectivity index (χ0v) is 23.5. The maximum atomic E-state index is 13.7. The van der Waals surface area contributed by atoms with Gasteiger partial charge in [-0.25, -0.2) is 9.79 Å². The minimum atomic E-state index is -0.553. The second-order valence-electron chi connectivity index (χ2n) is 9.84. The molecule has 0 saturated carbocycles. The minimum Gasteiger partial charge on any atom is -0.457 e. The van der Waals surface area contributed by atoms with Crippen LogP contribution in [0, 0.1) is 0 Å². The highest BCUT2D eigenvalue weighted by atomic mass is 32.2. The Morgan fingerprint density at radius 2 is 1.68 bits per heavy atom. The summed E-state index contributed by atoms with van der Waals surface area (Å²) in [4.78, 5) is 33.2. The van der Waals surface area contributed by atoms with Crippen LogP contribution in [0.3, 0.4) is 0 Å². The topological polar surface area (TPSA) is 80.2 Å². The van der Waals surface area contributed by atoms with E-state index in [9.17, 15) is 9.59 Å². The summed E-state index contributed by atoms with van der Waals surface area (Å²) in [5, 5.41) is 5.60. The van der Waals surface area contributed by atoms with Crippen LogP contribution in [0.15, 0.2) is 112 Å². The normalized spacial score (nSPS) is 16.3. The molecule has 2 aliphatic heterocycles. The van der Waals surface area contributed by atoms with Crippen molar-refractivity contribution in [3.63, 3.8) is 0 Å². The van der Waals surface area contributed by atoms with E-state index in [4.69, 9.17) is 14.5 Å². The highest BCUT2D eigenvalue weighted by Gasteiger charge is 2.41. The molecule has 0 bridgehead atoms. The summed E-state index contributed by atoms with van der Waals surface area (Å²) in [7, 11) is 0. The van der Waals surface area contributed by atoms with Crippen LogP contribution in [0.5, 0.6) is 11.5 Å². The van der Waals surface area contributed by atoms with E-state index < -0.39 is 12.0 Å². The lowest BCUT2D eigenvalue weighted by Gasteiger charge is -2.36. The molecular weight excluding hydrogens is 522 g/mol. The van der Waals surface area contributed by atoms with Crippen LogP contribution in [-0.2, 0) is 20.9 Å². The molecule has 0 spiro atoms. The molecule has 1 atom stereocenters. The number of benzene rings is 3. The molecule has 1 N–H and O–H groups in total. The Morgan fingerprint density at radius 1 is 0.975 bits per heavy atom. The fourth-order valence-electron chi connectivity index (χ4n) is 4.66. The van der Waals surface area contributed by atoms with E-state index in [0.717, 1.165) is 16.8 Å². The van der Waals surface area contributed by atoms with Gasteiger partial charge in [-0.05, 0) is 61.6 Å². The molecule has 0 fully saturated rings. The molecule has 1 amide bonds. The van der Waals surface area contributed by atoms with Crippen molar-refractivity contribution in [3.8, 4) is 11.5 Å². The van der Waals surface area contributed by atoms with Gasteiger partial charge in [0.2, 0.25) is 5.91 Å². The number of nitrogens with zero attached hydrogens (tertiary/aromatic N) is 2. The second kappa shape index (κ2) is 12.3. The number of amidine groups is 1. The average Bonchev–Trinajstić information content (AvgIpc) is 3.33. The Kier molecular flexibility index (Phi) is 8.36. The molecule has 204 valence electrons. The molecule has 3 aromatic rings. The zero-order chi connectivity index (χ0) is 28.1. The molecule has 3 aromatic carbocycles. The van der Waals surface area contributed by atoms with Gasteiger partial charge >= 0.3 is 5.97 Å². The number of carbonyl (C=O) groups is 2. The smallest absolute Gasteiger partial charge is 0.338 e. The highest BCUT2D eigenvalue weighted by molar-refractivity contribution is 8.16. The zero-order valence-electron chi connectivity index (χ0n) is 22.7. The van der Waals surface area contributed by atoms with Crippen molar-refractivity contribution in [1.29, 1.82) is 0 Å². The Morgan fingerprint density at radius 3 is 2.40 bits per heavy atom. The van der Waals surface area contributed by atoms with Crippen molar-refractivity contribution in [2.24, 2.45) is 4.99 Å². The van der Waals surface area contributed by atoms with Gasteiger partial charge in [-0.2, -0.15) is 0 Å². The number of para-hydroxylation sites is 1. The second-order valence-corrected chi connectivity index (χ2v) is 10.7. The lowest BCUT2D eigenvalue weighted by molar-refractivity contribution is -0.141. The maximum Gasteiger partial charge on any atom is 0.338 e. The molecule has 2 aliphatic rings. The molecule has 5 rings (SSSR count). The molecule has 40 heavy (non-hydrogen) atoms. The number of amides is 1. The van der Waals surface area contributed by atoms with Gasteiger partial charge in [0, 0.05) is 11.7 Å².